The number of hydrogen-bond donors (Lipinski definition) is 0. The molecule has 0 bridgehead atoms. The Hall–Kier alpha value is -3.01. The van der Waals surface area contributed by atoms with Crippen LogP contribution in [-0.4, -0.2) is 51.2 Å². The van der Waals surface area contributed by atoms with Crippen molar-refractivity contribution in [1.82, 2.24) is 25.0 Å². The van der Waals surface area contributed by atoms with Crippen molar-refractivity contribution in [2.24, 2.45) is 0 Å². The second-order valence-electron chi connectivity index (χ2n) is 7.15. The molecule has 1 aliphatic heterocycles. The summed E-state index contributed by atoms with van der Waals surface area (Å²) in [6, 6.07) is 10.7. The SMILES string of the molecule is C[C@H](c1nc(Cc2ccccc2)no1)N1CCN(c2nccc(C(F)(F)F)n2)CC1. The van der Waals surface area contributed by atoms with E-state index in [1.165, 1.54) is 0 Å². The van der Waals surface area contributed by atoms with Gasteiger partial charge in [-0.3, -0.25) is 4.90 Å². The highest BCUT2D eigenvalue weighted by Crippen LogP contribution is 2.28. The molecule has 158 valence electrons. The molecule has 1 fully saturated rings. The molecule has 1 saturated heterocycles. The van der Waals surface area contributed by atoms with Crippen LogP contribution in [-0.2, 0) is 12.6 Å². The Kier molecular flexibility index (Phi) is 5.67. The molecule has 0 spiro atoms. The summed E-state index contributed by atoms with van der Waals surface area (Å²) in [4.78, 5) is 16.1. The molecule has 0 aliphatic carbocycles. The van der Waals surface area contributed by atoms with Crippen LogP contribution in [0.25, 0.3) is 0 Å². The van der Waals surface area contributed by atoms with E-state index in [9.17, 15) is 13.2 Å². The van der Waals surface area contributed by atoms with E-state index >= 15 is 0 Å². The van der Waals surface area contributed by atoms with Gasteiger partial charge in [0.15, 0.2) is 5.82 Å². The van der Waals surface area contributed by atoms with Crippen LogP contribution < -0.4 is 4.90 Å². The van der Waals surface area contributed by atoms with Gasteiger partial charge in [0.05, 0.1) is 6.04 Å². The van der Waals surface area contributed by atoms with Gasteiger partial charge in [-0.2, -0.15) is 18.2 Å². The summed E-state index contributed by atoms with van der Waals surface area (Å²) in [5, 5.41) is 4.07. The van der Waals surface area contributed by atoms with Crippen molar-refractivity contribution in [3.8, 4) is 0 Å². The first-order chi connectivity index (χ1) is 14.4. The normalized spacial score (nSPS) is 16.6. The molecule has 0 saturated carbocycles. The molecule has 1 atom stereocenters. The topological polar surface area (TPSA) is 71.2 Å². The largest absolute Gasteiger partial charge is 0.433 e. The zero-order valence-electron chi connectivity index (χ0n) is 16.4. The zero-order chi connectivity index (χ0) is 21.1. The van der Waals surface area contributed by atoms with Crippen LogP contribution in [0.15, 0.2) is 47.1 Å². The second-order valence-corrected chi connectivity index (χ2v) is 7.15. The van der Waals surface area contributed by atoms with Gasteiger partial charge in [0.2, 0.25) is 11.8 Å². The van der Waals surface area contributed by atoms with E-state index in [0.717, 1.165) is 17.8 Å². The summed E-state index contributed by atoms with van der Waals surface area (Å²) in [6.07, 6.45) is -2.74. The maximum atomic E-state index is 12.9. The summed E-state index contributed by atoms with van der Waals surface area (Å²) in [7, 11) is 0. The van der Waals surface area contributed by atoms with E-state index in [2.05, 4.69) is 25.0 Å². The number of hydrogen-bond acceptors (Lipinski definition) is 7. The third-order valence-corrected chi connectivity index (χ3v) is 5.12. The number of benzene rings is 1. The van der Waals surface area contributed by atoms with Crippen molar-refractivity contribution in [2.75, 3.05) is 31.1 Å². The second kappa shape index (κ2) is 8.39. The third kappa shape index (κ3) is 4.59. The smallest absolute Gasteiger partial charge is 0.338 e. The van der Waals surface area contributed by atoms with Gasteiger partial charge in [-0.05, 0) is 18.6 Å². The van der Waals surface area contributed by atoms with Crippen LogP contribution in [0.5, 0.6) is 0 Å². The Labute approximate surface area is 171 Å². The first-order valence-corrected chi connectivity index (χ1v) is 9.66. The standard InChI is InChI=1S/C20H21F3N6O/c1-14(18-26-17(27-30-18)13-15-5-3-2-4-6-15)28-9-11-29(12-10-28)19-24-8-7-16(25-19)20(21,22)23/h2-8,14H,9-13H2,1H3/t14-/m1/s1. The molecule has 1 aromatic carbocycles. The van der Waals surface area contributed by atoms with Gasteiger partial charge >= 0.3 is 6.18 Å². The highest BCUT2D eigenvalue weighted by molar-refractivity contribution is 5.32. The van der Waals surface area contributed by atoms with Crippen molar-refractivity contribution in [2.45, 2.75) is 25.6 Å². The van der Waals surface area contributed by atoms with Crippen molar-refractivity contribution < 1.29 is 17.7 Å². The monoisotopic (exact) mass is 418 g/mol. The summed E-state index contributed by atoms with van der Waals surface area (Å²) in [6.45, 7) is 4.25. The number of aromatic nitrogens is 4. The summed E-state index contributed by atoms with van der Waals surface area (Å²) < 4.78 is 44.1. The maximum Gasteiger partial charge on any atom is 0.433 e. The van der Waals surface area contributed by atoms with Crippen LogP contribution in [0.3, 0.4) is 0 Å². The summed E-state index contributed by atoms with van der Waals surface area (Å²) in [5.41, 5.74) is 0.173. The fraction of sp³-hybridized carbons (Fsp3) is 0.400. The minimum absolute atomic E-state index is 0.0911. The van der Waals surface area contributed by atoms with Gasteiger partial charge in [-0.1, -0.05) is 35.5 Å². The summed E-state index contributed by atoms with van der Waals surface area (Å²) >= 11 is 0. The minimum atomic E-state index is -4.48. The lowest BCUT2D eigenvalue weighted by atomic mass is 10.1. The summed E-state index contributed by atoms with van der Waals surface area (Å²) in [5.74, 6) is 1.25. The highest BCUT2D eigenvalue weighted by Gasteiger charge is 2.34. The van der Waals surface area contributed by atoms with Crippen molar-refractivity contribution in [3.05, 3.63) is 65.6 Å². The van der Waals surface area contributed by atoms with Crippen molar-refractivity contribution >= 4 is 5.95 Å². The molecule has 2 aromatic heterocycles. The lowest BCUT2D eigenvalue weighted by molar-refractivity contribution is -0.141. The van der Waals surface area contributed by atoms with Crippen molar-refractivity contribution in [1.29, 1.82) is 0 Å². The fourth-order valence-corrected chi connectivity index (χ4v) is 3.41. The quantitative estimate of drug-likeness (QED) is 0.629. The van der Waals surface area contributed by atoms with Crippen LogP contribution in [0.4, 0.5) is 19.1 Å². The van der Waals surface area contributed by atoms with Gasteiger partial charge in [-0.15, -0.1) is 0 Å². The van der Waals surface area contributed by atoms with E-state index in [0.29, 0.717) is 44.3 Å². The number of alkyl halides is 3. The Morgan fingerprint density at radius 2 is 1.77 bits per heavy atom. The van der Waals surface area contributed by atoms with Crippen LogP contribution in [0.1, 0.15) is 35.9 Å². The van der Waals surface area contributed by atoms with Crippen LogP contribution in [0, 0.1) is 0 Å². The average Bonchev–Trinajstić information content (AvgIpc) is 3.22. The molecule has 30 heavy (non-hydrogen) atoms. The van der Waals surface area contributed by atoms with Gasteiger partial charge in [0.1, 0.15) is 5.69 Å². The molecule has 1 aliphatic rings. The molecule has 3 heterocycles. The third-order valence-electron chi connectivity index (χ3n) is 5.12. The van der Waals surface area contributed by atoms with Crippen LogP contribution in [0.2, 0.25) is 0 Å². The van der Waals surface area contributed by atoms with E-state index in [1.807, 2.05) is 37.3 Å². The lowest BCUT2D eigenvalue weighted by Crippen LogP contribution is -2.47. The average molecular weight is 418 g/mol. The number of anilines is 1. The van der Waals surface area contributed by atoms with Crippen molar-refractivity contribution in [3.63, 3.8) is 0 Å². The number of rotatable bonds is 5. The zero-order valence-corrected chi connectivity index (χ0v) is 16.4. The minimum Gasteiger partial charge on any atom is -0.338 e. The molecule has 7 nitrogen and oxygen atoms in total. The molecule has 3 aromatic rings. The Balaban J connectivity index is 1.36. The molecule has 0 N–H and O–H groups in total. The molecule has 0 unspecified atom stereocenters. The predicted molar refractivity (Wildman–Crippen MR) is 103 cm³/mol. The van der Waals surface area contributed by atoms with Gasteiger partial charge in [0, 0.05) is 38.8 Å². The van der Waals surface area contributed by atoms with Gasteiger partial charge in [0.25, 0.3) is 0 Å². The Morgan fingerprint density at radius 3 is 2.47 bits per heavy atom. The Morgan fingerprint density at radius 1 is 1.03 bits per heavy atom. The fourth-order valence-electron chi connectivity index (χ4n) is 3.41. The molecule has 0 radical (unpaired) electrons. The molecule has 4 rings (SSSR count). The van der Waals surface area contributed by atoms with Gasteiger partial charge in [-0.25, -0.2) is 9.97 Å². The van der Waals surface area contributed by atoms with Gasteiger partial charge < -0.3 is 9.42 Å². The lowest BCUT2D eigenvalue weighted by Gasteiger charge is -2.36. The number of piperazine rings is 1. The maximum absolute atomic E-state index is 12.9. The molecular formula is C20H21F3N6O. The van der Waals surface area contributed by atoms with E-state index in [4.69, 9.17) is 4.52 Å². The van der Waals surface area contributed by atoms with E-state index in [-0.39, 0.29) is 12.0 Å². The molecular weight excluding hydrogens is 397 g/mol. The highest BCUT2D eigenvalue weighted by atomic mass is 19.4. The first kappa shape index (κ1) is 20.3. The Bertz CT molecular complexity index is 970. The predicted octanol–water partition coefficient (Wildman–Crippen LogP) is 3.35. The molecule has 0 amide bonds. The first-order valence-electron chi connectivity index (χ1n) is 9.66. The number of nitrogens with zero attached hydrogens (tertiary/aromatic N) is 6. The molecule has 10 heteroatoms. The van der Waals surface area contributed by atoms with E-state index in [1.54, 1.807) is 4.90 Å². The van der Waals surface area contributed by atoms with Crippen LogP contribution >= 0.6 is 0 Å². The van der Waals surface area contributed by atoms with E-state index < -0.39 is 11.9 Å². The number of halogens is 3.